The van der Waals surface area contributed by atoms with Crippen LogP contribution in [0.5, 0.6) is 5.75 Å². The van der Waals surface area contributed by atoms with Crippen LogP contribution in [0.3, 0.4) is 0 Å². The topological polar surface area (TPSA) is 94.4 Å². The molecule has 0 fully saturated rings. The molecule has 0 bridgehead atoms. The number of halogens is 1. The molecule has 0 aliphatic carbocycles. The smallest absolute Gasteiger partial charge is 0.284 e. The lowest BCUT2D eigenvalue weighted by molar-refractivity contribution is -0.385. The number of hydrogen-bond acceptors (Lipinski definition) is 5. The number of pyridine rings is 1. The SMILES string of the molecule is O=C(NCc1cccc(OCc2ccccn2)c1)c1ccc(Br)c([N+](=O)[O-])c1. The van der Waals surface area contributed by atoms with Gasteiger partial charge in [-0.15, -0.1) is 0 Å². The van der Waals surface area contributed by atoms with Crippen molar-refractivity contribution in [2.75, 3.05) is 0 Å². The van der Waals surface area contributed by atoms with Crippen molar-refractivity contribution in [3.05, 3.63) is 98.3 Å². The first-order valence-electron chi connectivity index (χ1n) is 8.37. The van der Waals surface area contributed by atoms with Gasteiger partial charge in [0.2, 0.25) is 0 Å². The zero-order valence-corrected chi connectivity index (χ0v) is 16.3. The van der Waals surface area contributed by atoms with Crippen LogP contribution in [0.4, 0.5) is 5.69 Å². The lowest BCUT2D eigenvalue weighted by atomic mass is 10.1. The Morgan fingerprint density at radius 2 is 2.00 bits per heavy atom. The number of carbonyl (C=O) groups is 1. The number of amides is 1. The van der Waals surface area contributed by atoms with E-state index in [1.807, 2.05) is 42.5 Å². The van der Waals surface area contributed by atoms with Crippen molar-refractivity contribution >= 4 is 27.5 Å². The highest BCUT2D eigenvalue weighted by Gasteiger charge is 2.15. The molecule has 1 amide bonds. The first-order valence-corrected chi connectivity index (χ1v) is 9.16. The zero-order chi connectivity index (χ0) is 19.9. The summed E-state index contributed by atoms with van der Waals surface area (Å²) < 4.78 is 6.05. The second kappa shape index (κ2) is 9.09. The van der Waals surface area contributed by atoms with Gasteiger partial charge >= 0.3 is 0 Å². The first kappa shape index (κ1) is 19.5. The lowest BCUT2D eigenvalue weighted by Gasteiger charge is -2.09. The fraction of sp³-hybridized carbons (Fsp3) is 0.100. The summed E-state index contributed by atoms with van der Waals surface area (Å²) in [5.74, 6) is 0.270. The molecule has 0 saturated carbocycles. The monoisotopic (exact) mass is 441 g/mol. The number of hydrogen-bond donors (Lipinski definition) is 1. The van der Waals surface area contributed by atoms with E-state index in [-0.39, 0.29) is 17.8 Å². The number of nitro groups is 1. The summed E-state index contributed by atoms with van der Waals surface area (Å²) in [6.45, 7) is 0.614. The molecular weight excluding hydrogens is 426 g/mol. The molecule has 2 aromatic carbocycles. The zero-order valence-electron chi connectivity index (χ0n) is 14.7. The molecule has 0 saturated heterocycles. The Morgan fingerprint density at radius 1 is 1.14 bits per heavy atom. The third-order valence-electron chi connectivity index (χ3n) is 3.87. The third-order valence-corrected chi connectivity index (χ3v) is 4.54. The van der Waals surface area contributed by atoms with Gasteiger partial charge in [-0.1, -0.05) is 18.2 Å². The van der Waals surface area contributed by atoms with Crippen molar-refractivity contribution in [3.8, 4) is 5.75 Å². The molecule has 0 radical (unpaired) electrons. The Bertz CT molecular complexity index is 996. The summed E-state index contributed by atoms with van der Waals surface area (Å²) in [4.78, 5) is 27.0. The molecule has 142 valence electrons. The van der Waals surface area contributed by atoms with Gasteiger partial charge in [-0.2, -0.15) is 0 Å². The minimum absolute atomic E-state index is 0.155. The molecule has 0 spiro atoms. The van der Waals surface area contributed by atoms with Gasteiger partial charge < -0.3 is 10.1 Å². The molecule has 8 heteroatoms. The van der Waals surface area contributed by atoms with Crippen molar-refractivity contribution < 1.29 is 14.5 Å². The van der Waals surface area contributed by atoms with Crippen LogP contribution in [-0.4, -0.2) is 15.8 Å². The molecule has 7 nitrogen and oxygen atoms in total. The van der Waals surface area contributed by atoms with Crippen LogP contribution in [0.15, 0.2) is 71.3 Å². The summed E-state index contributed by atoms with van der Waals surface area (Å²) in [6, 6.07) is 17.2. The summed E-state index contributed by atoms with van der Waals surface area (Å²) in [5.41, 5.74) is 1.73. The van der Waals surface area contributed by atoms with Crippen LogP contribution in [0.2, 0.25) is 0 Å². The van der Waals surface area contributed by atoms with Crippen molar-refractivity contribution in [2.24, 2.45) is 0 Å². The first-order chi connectivity index (χ1) is 13.5. The van der Waals surface area contributed by atoms with Gasteiger partial charge in [-0.3, -0.25) is 19.9 Å². The van der Waals surface area contributed by atoms with Crippen LogP contribution >= 0.6 is 15.9 Å². The van der Waals surface area contributed by atoms with Crippen molar-refractivity contribution in [1.82, 2.24) is 10.3 Å². The number of nitro benzene ring substituents is 1. The largest absolute Gasteiger partial charge is 0.487 e. The third kappa shape index (κ3) is 5.14. The van der Waals surface area contributed by atoms with E-state index in [1.54, 1.807) is 6.20 Å². The Labute approximate surface area is 169 Å². The van der Waals surface area contributed by atoms with Gasteiger partial charge in [-0.25, -0.2) is 0 Å². The van der Waals surface area contributed by atoms with E-state index in [4.69, 9.17) is 4.74 Å². The Kier molecular flexibility index (Phi) is 6.33. The highest BCUT2D eigenvalue weighted by atomic mass is 79.9. The number of aromatic nitrogens is 1. The maximum Gasteiger partial charge on any atom is 0.284 e. The van der Waals surface area contributed by atoms with Crippen LogP contribution in [0, 0.1) is 10.1 Å². The lowest BCUT2D eigenvalue weighted by Crippen LogP contribution is -2.22. The van der Waals surface area contributed by atoms with E-state index in [0.29, 0.717) is 16.8 Å². The standard InChI is InChI=1S/C20H16BrN3O4/c21-18-8-7-15(11-19(18)24(26)27)20(25)23-12-14-4-3-6-17(10-14)28-13-16-5-1-2-9-22-16/h1-11H,12-13H2,(H,23,25). The van der Waals surface area contributed by atoms with Gasteiger partial charge in [0.05, 0.1) is 15.1 Å². The predicted molar refractivity (Wildman–Crippen MR) is 107 cm³/mol. The van der Waals surface area contributed by atoms with E-state index in [1.165, 1.54) is 18.2 Å². The predicted octanol–water partition coefficient (Wildman–Crippen LogP) is 4.26. The molecule has 3 rings (SSSR count). The Balaban J connectivity index is 1.61. The summed E-state index contributed by atoms with van der Waals surface area (Å²) in [5, 5.41) is 13.8. The van der Waals surface area contributed by atoms with Crippen LogP contribution in [-0.2, 0) is 13.2 Å². The molecule has 1 heterocycles. The highest BCUT2D eigenvalue weighted by Crippen LogP contribution is 2.25. The van der Waals surface area contributed by atoms with E-state index in [2.05, 4.69) is 26.2 Å². The molecule has 28 heavy (non-hydrogen) atoms. The minimum atomic E-state index is -0.538. The van der Waals surface area contributed by atoms with Crippen LogP contribution < -0.4 is 10.1 Å². The van der Waals surface area contributed by atoms with Crippen molar-refractivity contribution in [1.29, 1.82) is 0 Å². The quantitative estimate of drug-likeness (QED) is 0.436. The maximum atomic E-state index is 12.3. The summed E-state index contributed by atoms with van der Waals surface area (Å²) >= 11 is 3.10. The normalized spacial score (nSPS) is 10.3. The molecule has 1 N–H and O–H groups in total. The molecule has 3 aromatic rings. The van der Waals surface area contributed by atoms with E-state index in [0.717, 1.165) is 11.3 Å². The van der Waals surface area contributed by atoms with E-state index in [9.17, 15) is 14.9 Å². The maximum absolute atomic E-state index is 12.3. The molecule has 0 aliphatic heterocycles. The molecule has 0 unspecified atom stereocenters. The van der Waals surface area contributed by atoms with Gasteiger partial charge in [0.1, 0.15) is 12.4 Å². The van der Waals surface area contributed by atoms with Gasteiger partial charge in [-0.05, 0) is 57.9 Å². The number of nitrogens with zero attached hydrogens (tertiary/aromatic N) is 2. The minimum Gasteiger partial charge on any atom is -0.487 e. The number of benzene rings is 2. The van der Waals surface area contributed by atoms with Gasteiger partial charge in [0, 0.05) is 24.4 Å². The number of nitrogens with one attached hydrogen (secondary N) is 1. The molecule has 0 aliphatic rings. The highest BCUT2D eigenvalue weighted by molar-refractivity contribution is 9.10. The van der Waals surface area contributed by atoms with Crippen molar-refractivity contribution in [2.45, 2.75) is 13.2 Å². The second-order valence-electron chi connectivity index (χ2n) is 5.86. The Hall–Kier alpha value is -3.26. The summed E-state index contributed by atoms with van der Waals surface area (Å²) in [7, 11) is 0. The molecule has 1 aromatic heterocycles. The number of ether oxygens (including phenoxy) is 1. The van der Waals surface area contributed by atoms with E-state index >= 15 is 0 Å². The molecular formula is C20H16BrN3O4. The van der Waals surface area contributed by atoms with Crippen LogP contribution in [0.1, 0.15) is 21.6 Å². The average Bonchev–Trinajstić information content (AvgIpc) is 2.71. The van der Waals surface area contributed by atoms with Gasteiger partial charge in [0.15, 0.2) is 0 Å². The van der Waals surface area contributed by atoms with Crippen LogP contribution in [0.25, 0.3) is 0 Å². The number of rotatable bonds is 7. The fourth-order valence-electron chi connectivity index (χ4n) is 2.46. The van der Waals surface area contributed by atoms with Gasteiger partial charge in [0.25, 0.3) is 11.6 Å². The second-order valence-corrected chi connectivity index (χ2v) is 6.72. The Morgan fingerprint density at radius 3 is 2.75 bits per heavy atom. The van der Waals surface area contributed by atoms with E-state index < -0.39 is 10.8 Å². The van der Waals surface area contributed by atoms with Crippen molar-refractivity contribution in [3.63, 3.8) is 0 Å². The number of carbonyl (C=O) groups excluding carboxylic acids is 1. The fourth-order valence-corrected chi connectivity index (χ4v) is 2.86. The summed E-state index contributed by atoms with van der Waals surface area (Å²) in [6.07, 6.45) is 1.71. The average molecular weight is 442 g/mol. The molecule has 0 atom stereocenters.